The van der Waals surface area contributed by atoms with Gasteiger partial charge in [-0.05, 0) is 19.4 Å². The second-order valence-corrected chi connectivity index (χ2v) is 2.33. The van der Waals surface area contributed by atoms with Crippen molar-refractivity contribution in [3.63, 3.8) is 0 Å². The monoisotopic (exact) mass is 142 g/mol. The molecule has 0 saturated heterocycles. The Morgan fingerprint density at radius 2 is 2.30 bits per heavy atom. The summed E-state index contributed by atoms with van der Waals surface area (Å²) in [6.07, 6.45) is 5.15. The van der Waals surface area contributed by atoms with Gasteiger partial charge in [-0.15, -0.1) is 0 Å². The maximum atomic E-state index is 5.39. The quantitative estimate of drug-likeness (QED) is 0.597. The van der Waals surface area contributed by atoms with Gasteiger partial charge in [0.2, 0.25) is 0 Å². The van der Waals surface area contributed by atoms with Gasteiger partial charge in [-0.3, -0.25) is 0 Å². The van der Waals surface area contributed by atoms with Crippen molar-refractivity contribution in [1.82, 2.24) is 0 Å². The van der Waals surface area contributed by atoms with E-state index in [0.29, 0.717) is 0 Å². The summed E-state index contributed by atoms with van der Waals surface area (Å²) in [7, 11) is 0. The Balaban J connectivity index is 2.33. The van der Waals surface area contributed by atoms with Crippen LogP contribution in [0.15, 0.2) is 12.3 Å². The topological polar surface area (TPSA) is 18.5 Å². The van der Waals surface area contributed by atoms with Gasteiger partial charge in [0.05, 0.1) is 6.26 Å². The highest BCUT2D eigenvalue weighted by Crippen LogP contribution is 2.16. The van der Waals surface area contributed by atoms with Gasteiger partial charge in [0, 0.05) is 6.61 Å². The maximum Gasteiger partial charge on any atom is 0.127 e. The maximum absolute atomic E-state index is 5.39. The Hall–Kier alpha value is -0.500. The molecule has 0 aromatic rings. The van der Waals surface area contributed by atoms with E-state index in [-0.39, 0.29) is 12.2 Å². The molecular formula is C8H14O2. The minimum Gasteiger partial charge on any atom is -0.495 e. The zero-order valence-corrected chi connectivity index (χ0v) is 6.54. The van der Waals surface area contributed by atoms with Crippen LogP contribution < -0.4 is 0 Å². The fourth-order valence-corrected chi connectivity index (χ4v) is 1.11. The lowest BCUT2D eigenvalue weighted by molar-refractivity contribution is 0.00857. The molecule has 2 atom stereocenters. The molecule has 58 valence electrons. The van der Waals surface area contributed by atoms with E-state index >= 15 is 0 Å². The van der Waals surface area contributed by atoms with E-state index in [1.54, 1.807) is 6.26 Å². The van der Waals surface area contributed by atoms with Gasteiger partial charge in [0.1, 0.15) is 12.2 Å². The van der Waals surface area contributed by atoms with E-state index < -0.39 is 0 Å². The summed E-state index contributed by atoms with van der Waals surface area (Å²) in [6, 6.07) is 0. The molecule has 0 saturated carbocycles. The summed E-state index contributed by atoms with van der Waals surface area (Å²) in [5, 5.41) is 0. The lowest BCUT2D eigenvalue weighted by Crippen LogP contribution is -2.23. The van der Waals surface area contributed by atoms with Crippen LogP contribution in [0.1, 0.15) is 20.3 Å². The van der Waals surface area contributed by atoms with Crippen molar-refractivity contribution in [3.05, 3.63) is 12.3 Å². The predicted molar refractivity (Wildman–Crippen MR) is 39.7 cm³/mol. The van der Waals surface area contributed by atoms with Crippen molar-refractivity contribution in [2.75, 3.05) is 6.61 Å². The van der Waals surface area contributed by atoms with Crippen molar-refractivity contribution in [2.45, 2.75) is 32.5 Å². The van der Waals surface area contributed by atoms with Gasteiger partial charge in [-0.2, -0.15) is 0 Å². The molecule has 0 spiro atoms. The van der Waals surface area contributed by atoms with Gasteiger partial charge in [-0.1, -0.05) is 6.92 Å². The molecule has 0 fully saturated rings. The third-order valence-corrected chi connectivity index (χ3v) is 1.65. The van der Waals surface area contributed by atoms with Crippen LogP contribution in [0.5, 0.6) is 0 Å². The summed E-state index contributed by atoms with van der Waals surface area (Å²) in [5.41, 5.74) is 0. The van der Waals surface area contributed by atoms with Crippen LogP contribution in [0.2, 0.25) is 0 Å². The summed E-state index contributed by atoms with van der Waals surface area (Å²) in [4.78, 5) is 0. The van der Waals surface area contributed by atoms with E-state index in [1.165, 1.54) is 0 Å². The molecule has 10 heavy (non-hydrogen) atoms. The first kappa shape index (κ1) is 7.61. The molecule has 1 aliphatic rings. The first-order chi connectivity index (χ1) is 4.88. The highest BCUT2D eigenvalue weighted by Gasteiger charge is 2.22. The van der Waals surface area contributed by atoms with Crippen molar-refractivity contribution in [2.24, 2.45) is 0 Å². The lowest BCUT2D eigenvalue weighted by Gasteiger charge is -2.15. The molecular weight excluding hydrogens is 128 g/mol. The second-order valence-electron chi connectivity index (χ2n) is 2.33. The number of hydrogen-bond donors (Lipinski definition) is 0. The van der Waals surface area contributed by atoms with Crippen molar-refractivity contribution in [3.8, 4) is 0 Å². The van der Waals surface area contributed by atoms with E-state index in [9.17, 15) is 0 Å². The van der Waals surface area contributed by atoms with Crippen molar-refractivity contribution in [1.29, 1.82) is 0 Å². The SMILES string of the molecule is CCOC1C=COC1CC. The van der Waals surface area contributed by atoms with Crippen LogP contribution in [0.25, 0.3) is 0 Å². The predicted octanol–water partition coefficient (Wildman–Crippen LogP) is 1.71. The molecule has 0 aromatic carbocycles. The van der Waals surface area contributed by atoms with Gasteiger partial charge >= 0.3 is 0 Å². The molecule has 0 N–H and O–H groups in total. The van der Waals surface area contributed by atoms with Crippen LogP contribution in [-0.2, 0) is 9.47 Å². The summed E-state index contributed by atoms with van der Waals surface area (Å²) in [6.45, 7) is 4.86. The molecule has 0 amide bonds. The Morgan fingerprint density at radius 1 is 1.50 bits per heavy atom. The van der Waals surface area contributed by atoms with Gasteiger partial charge in [0.15, 0.2) is 0 Å². The average molecular weight is 142 g/mol. The largest absolute Gasteiger partial charge is 0.495 e. The zero-order valence-electron chi connectivity index (χ0n) is 6.54. The van der Waals surface area contributed by atoms with Crippen LogP contribution in [0.4, 0.5) is 0 Å². The van der Waals surface area contributed by atoms with Crippen LogP contribution >= 0.6 is 0 Å². The molecule has 0 bridgehead atoms. The summed E-state index contributed by atoms with van der Waals surface area (Å²) in [5.74, 6) is 0. The Morgan fingerprint density at radius 3 is 2.90 bits per heavy atom. The van der Waals surface area contributed by atoms with Crippen molar-refractivity contribution >= 4 is 0 Å². The molecule has 1 heterocycles. The minimum atomic E-state index is 0.190. The first-order valence-electron chi connectivity index (χ1n) is 3.82. The first-order valence-corrected chi connectivity index (χ1v) is 3.82. The normalized spacial score (nSPS) is 30.6. The fourth-order valence-electron chi connectivity index (χ4n) is 1.11. The lowest BCUT2D eigenvalue weighted by atomic mass is 10.2. The Labute approximate surface area is 61.8 Å². The summed E-state index contributed by atoms with van der Waals surface area (Å²) < 4.78 is 10.7. The Kier molecular flexibility index (Phi) is 2.75. The Bertz CT molecular complexity index is 120. The van der Waals surface area contributed by atoms with E-state index in [2.05, 4.69) is 6.92 Å². The fraction of sp³-hybridized carbons (Fsp3) is 0.750. The molecule has 0 aliphatic carbocycles. The van der Waals surface area contributed by atoms with E-state index in [4.69, 9.17) is 9.47 Å². The number of ether oxygens (including phenoxy) is 2. The third-order valence-electron chi connectivity index (χ3n) is 1.65. The molecule has 1 aliphatic heterocycles. The molecule has 2 heteroatoms. The smallest absolute Gasteiger partial charge is 0.127 e. The second kappa shape index (κ2) is 3.62. The molecule has 2 unspecified atom stereocenters. The van der Waals surface area contributed by atoms with Gasteiger partial charge in [0.25, 0.3) is 0 Å². The standard InChI is InChI=1S/C8H14O2/c1-3-7-8(9-4-2)5-6-10-7/h5-8H,3-4H2,1-2H3. The van der Waals surface area contributed by atoms with Gasteiger partial charge in [-0.25, -0.2) is 0 Å². The third kappa shape index (κ3) is 1.51. The molecule has 1 rings (SSSR count). The van der Waals surface area contributed by atoms with Gasteiger partial charge < -0.3 is 9.47 Å². The molecule has 0 aromatic heterocycles. The minimum absolute atomic E-state index is 0.190. The number of hydrogen-bond acceptors (Lipinski definition) is 2. The van der Waals surface area contributed by atoms with E-state index in [0.717, 1.165) is 13.0 Å². The van der Waals surface area contributed by atoms with E-state index in [1.807, 2.05) is 13.0 Å². The molecule has 2 nitrogen and oxygen atoms in total. The highest BCUT2D eigenvalue weighted by molar-refractivity contribution is 4.96. The summed E-state index contributed by atoms with van der Waals surface area (Å²) >= 11 is 0. The van der Waals surface area contributed by atoms with Crippen molar-refractivity contribution < 1.29 is 9.47 Å². The molecule has 0 radical (unpaired) electrons. The number of rotatable bonds is 3. The van der Waals surface area contributed by atoms with Crippen LogP contribution in [0.3, 0.4) is 0 Å². The van der Waals surface area contributed by atoms with Crippen LogP contribution in [-0.4, -0.2) is 18.8 Å². The zero-order chi connectivity index (χ0) is 7.40. The average Bonchev–Trinajstić information content (AvgIpc) is 2.36. The highest BCUT2D eigenvalue weighted by atomic mass is 16.5. The van der Waals surface area contributed by atoms with Crippen LogP contribution in [0, 0.1) is 0 Å².